The number of hydrogen-bond donors (Lipinski definition) is 1. The molecule has 136 valence electrons. The Morgan fingerprint density at radius 1 is 1.07 bits per heavy atom. The second-order valence-electron chi connectivity index (χ2n) is 6.54. The van der Waals surface area contributed by atoms with Crippen molar-refractivity contribution in [2.24, 2.45) is 0 Å². The molecule has 0 aliphatic heterocycles. The average molecular weight is 369 g/mol. The van der Waals surface area contributed by atoms with Crippen molar-refractivity contribution < 1.29 is 9.90 Å². The first kappa shape index (κ1) is 18.7. The fourth-order valence-electron chi connectivity index (χ4n) is 2.76. The Morgan fingerprint density at radius 3 is 2.39 bits per heavy atom. The van der Waals surface area contributed by atoms with Crippen molar-refractivity contribution in [2.75, 3.05) is 0 Å². The molecule has 28 heavy (non-hydrogen) atoms. The Labute approximate surface area is 161 Å². The number of aromatic nitrogens is 3. The van der Waals surface area contributed by atoms with Gasteiger partial charge in [-0.05, 0) is 44.2 Å². The fourth-order valence-corrected chi connectivity index (χ4v) is 2.76. The molecule has 3 aromatic rings. The normalized spacial score (nSPS) is 10.7. The van der Waals surface area contributed by atoms with E-state index in [0.29, 0.717) is 22.6 Å². The quantitative estimate of drug-likeness (QED) is 0.698. The van der Waals surface area contributed by atoms with Crippen molar-refractivity contribution in [1.29, 1.82) is 5.26 Å². The summed E-state index contributed by atoms with van der Waals surface area (Å²) in [5, 5.41) is 18.2. The first-order valence-corrected chi connectivity index (χ1v) is 8.34. The molecule has 0 saturated carbocycles. The summed E-state index contributed by atoms with van der Waals surface area (Å²) in [6.45, 7) is 11.1. The summed E-state index contributed by atoms with van der Waals surface area (Å²) in [4.78, 5) is 27.6. The lowest BCUT2D eigenvalue weighted by Crippen LogP contribution is -2.23. The van der Waals surface area contributed by atoms with Crippen LogP contribution in [0, 0.1) is 17.9 Å². The van der Waals surface area contributed by atoms with Gasteiger partial charge in [-0.1, -0.05) is 24.8 Å². The van der Waals surface area contributed by atoms with Gasteiger partial charge in [-0.25, -0.2) is 9.78 Å². The molecule has 0 unspecified atom stereocenters. The molecule has 0 aliphatic carbocycles. The van der Waals surface area contributed by atoms with E-state index in [4.69, 9.17) is 11.8 Å². The summed E-state index contributed by atoms with van der Waals surface area (Å²) in [6, 6.07) is 15.4. The van der Waals surface area contributed by atoms with Gasteiger partial charge in [-0.3, -0.25) is 4.98 Å². The second kappa shape index (κ2) is 7.26. The first-order chi connectivity index (χ1) is 13.4. The molecule has 0 amide bonds. The highest BCUT2D eigenvalue weighted by atomic mass is 16.4. The van der Waals surface area contributed by atoms with Gasteiger partial charge in [-0.15, -0.1) is 4.98 Å². The highest BCUT2D eigenvalue weighted by Crippen LogP contribution is 2.32. The largest absolute Gasteiger partial charge is 0.477 e. The summed E-state index contributed by atoms with van der Waals surface area (Å²) in [5.74, 6) is -0.989. The van der Waals surface area contributed by atoms with Crippen molar-refractivity contribution in [1.82, 2.24) is 15.0 Å². The summed E-state index contributed by atoms with van der Waals surface area (Å²) < 4.78 is 0. The minimum Gasteiger partial charge on any atom is -0.477 e. The van der Waals surface area contributed by atoms with Gasteiger partial charge in [-0.2, -0.15) is 5.26 Å². The Hall–Kier alpha value is -4.10. The zero-order chi connectivity index (χ0) is 20.3. The lowest BCUT2D eigenvalue weighted by Gasteiger charge is -2.24. The maximum Gasteiger partial charge on any atom is 0.354 e. The van der Waals surface area contributed by atoms with Crippen LogP contribution in [0.4, 0.5) is 5.82 Å². The molecule has 7 heteroatoms. The van der Waals surface area contributed by atoms with E-state index >= 15 is 0 Å². The molecule has 7 nitrogen and oxygen atoms in total. The molecule has 0 fully saturated rings. The number of carboxylic acids is 1. The predicted octanol–water partition coefficient (Wildman–Crippen LogP) is 3.99. The second-order valence-corrected chi connectivity index (χ2v) is 6.54. The molecule has 0 aliphatic rings. The molecule has 0 spiro atoms. The van der Waals surface area contributed by atoms with Crippen LogP contribution in [-0.2, 0) is 5.41 Å². The Morgan fingerprint density at radius 2 is 1.75 bits per heavy atom. The van der Waals surface area contributed by atoms with Gasteiger partial charge in [0.15, 0.2) is 0 Å². The standard InChI is InChI=1S/C21H15N5O2/c1-21(2,18-9-5-7-16(26-18)20(27)28)17-8-4-6-15(25-17)14-11-10-13(12-22)24-19(14)23-3/h4-11H,1-2H3,(H,27,28). The highest BCUT2D eigenvalue weighted by molar-refractivity contribution is 5.85. The summed E-state index contributed by atoms with van der Waals surface area (Å²) in [7, 11) is 0. The minimum atomic E-state index is -1.09. The van der Waals surface area contributed by atoms with Crippen LogP contribution < -0.4 is 0 Å². The molecule has 3 rings (SSSR count). The van der Waals surface area contributed by atoms with E-state index in [-0.39, 0.29) is 17.2 Å². The van der Waals surface area contributed by atoms with Gasteiger partial charge < -0.3 is 9.95 Å². The van der Waals surface area contributed by atoms with Crippen molar-refractivity contribution >= 4 is 11.8 Å². The van der Waals surface area contributed by atoms with Gasteiger partial charge in [0.1, 0.15) is 11.8 Å². The van der Waals surface area contributed by atoms with E-state index < -0.39 is 11.4 Å². The number of nitrogens with zero attached hydrogens (tertiary/aromatic N) is 5. The SMILES string of the molecule is [C-]#[N+]c1nc(C#N)ccc1-c1cccc(C(C)(C)c2cccc(C(=O)O)n2)n1. The van der Waals surface area contributed by atoms with Crippen molar-refractivity contribution in [3.8, 4) is 17.3 Å². The topological polar surface area (TPSA) is 104 Å². The van der Waals surface area contributed by atoms with Crippen molar-refractivity contribution in [3.05, 3.63) is 82.7 Å². The molecule has 3 aromatic heterocycles. The monoisotopic (exact) mass is 369 g/mol. The smallest absolute Gasteiger partial charge is 0.354 e. The zero-order valence-electron chi connectivity index (χ0n) is 15.2. The molecule has 0 radical (unpaired) electrons. The van der Waals surface area contributed by atoms with E-state index in [1.54, 1.807) is 30.3 Å². The number of pyridine rings is 3. The average Bonchev–Trinajstić information content (AvgIpc) is 2.73. The summed E-state index contributed by atoms with van der Waals surface area (Å²) in [5.41, 5.74) is 1.77. The van der Waals surface area contributed by atoms with E-state index in [1.807, 2.05) is 32.0 Å². The molecule has 3 heterocycles. The van der Waals surface area contributed by atoms with Crippen molar-refractivity contribution in [3.63, 3.8) is 0 Å². The molecule has 1 N–H and O–H groups in total. The predicted molar refractivity (Wildman–Crippen MR) is 102 cm³/mol. The van der Waals surface area contributed by atoms with E-state index in [1.165, 1.54) is 6.07 Å². The first-order valence-electron chi connectivity index (χ1n) is 8.34. The van der Waals surface area contributed by atoms with Crippen LogP contribution in [0.15, 0.2) is 48.5 Å². The van der Waals surface area contributed by atoms with E-state index in [9.17, 15) is 9.90 Å². The lowest BCUT2D eigenvalue weighted by atomic mass is 9.84. The van der Waals surface area contributed by atoms with E-state index in [2.05, 4.69) is 19.8 Å². The summed E-state index contributed by atoms with van der Waals surface area (Å²) >= 11 is 0. The van der Waals surface area contributed by atoms with Crippen LogP contribution in [-0.4, -0.2) is 26.0 Å². The molecule has 0 saturated heterocycles. The van der Waals surface area contributed by atoms with Crippen molar-refractivity contribution in [2.45, 2.75) is 19.3 Å². The number of nitriles is 1. The van der Waals surface area contributed by atoms with Crippen LogP contribution >= 0.6 is 0 Å². The van der Waals surface area contributed by atoms with Gasteiger partial charge in [0.05, 0.1) is 17.1 Å². The third-order valence-corrected chi connectivity index (χ3v) is 4.37. The Kier molecular flexibility index (Phi) is 4.84. The molecule has 0 bridgehead atoms. The fraction of sp³-hybridized carbons (Fsp3) is 0.143. The maximum atomic E-state index is 11.2. The number of aromatic carboxylic acids is 1. The zero-order valence-corrected chi connectivity index (χ0v) is 15.2. The van der Waals surface area contributed by atoms with Crippen LogP contribution in [0.5, 0.6) is 0 Å². The molecular formula is C21H15N5O2. The maximum absolute atomic E-state index is 11.2. The third kappa shape index (κ3) is 3.42. The lowest BCUT2D eigenvalue weighted by molar-refractivity contribution is 0.0690. The van der Waals surface area contributed by atoms with Gasteiger partial charge in [0, 0.05) is 11.0 Å². The third-order valence-electron chi connectivity index (χ3n) is 4.37. The van der Waals surface area contributed by atoms with E-state index in [0.717, 1.165) is 0 Å². The van der Waals surface area contributed by atoms with Gasteiger partial charge >= 0.3 is 5.97 Å². The Balaban J connectivity index is 2.09. The van der Waals surface area contributed by atoms with Gasteiger partial charge in [0.2, 0.25) is 5.69 Å². The molecular weight excluding hydrogens is 354 g/mol. The Bertz CT molecular complexity index is 1160. The number of carboxylic acid groups (broad SMARTS) is 1. The highest BCUT2D eigenvalue weighted by Gasteiger charge is 2.27. The minimum absolute atomic E-state index is 0.0340. The summed E-state index contributed by atoms with van der Waals surface area (Å²) in [6.07, 6.45) is 0. The number of rotatable bonds is 4. The number of hydrogen-bond acceptors (Lipinski definition) is 5. The number of carbonyl (C=O) groups is 1. The van der Waals surface area contributed by atoms with Crippen LogP contribution in [0.3, 0.4) is 0 Å². The van der Waals surface area contributed by atoms with Crippen LogP contribution in [0.2, 0.25) is 0 Å². The van der Waals surface area contributed by atoms with Gasteiger partial charge in [0.25, 0.3) is 5.82 Å². The van der Waals surface area contributed by atoms with Crippen LogP contribution in [0.1, 0.15) is 41.4 Å². The molecule has 0 aromatic carbocycles. The van der Waals surface area contributed by atoms with Crippen LogP contribution in [0.25, 0.3) is 16.1 Å². The molecule has 0 atom stereocenters.